The molecule has 4 heteroatoms. The highest BCUT2D eigenvalue weighted by Crippen LogP contribution is 2.21. The fourth-order valence-electron chi connectivity index (χ4n) is 1.32. The average Bonchev–Trinajstić information content (AvgIpc) is 2.25. The fraction of sp³-hybridized carbons (Fsp3) is 0.333. The highest BCUT2D eigenvalue weighted by atomic mass is 19.1. The van der Waals surface area contributed by atoms with Crippen LogP contribution in [0.25, 0.3) is 0 Å². The third-order valence-electron chi connectivity index (χ3n) is 2.17. The number of hydrogen-bond donors (Lipinski definition) is 0. The lowest BCUT2D eigenvalue weighted by molar-refractivity contribution is -0.116. The van der Waals surface area contributed by atoms with Crippen LogP contribution in [0.4, 0.5) is 4.39 Å². The van der Waals surface area contributed by atoms with Crippen molar-refractivity contribution < 1.29 is 18.7 Å². The van der Waals surface area contributed by atoms with Crippen LogP contribution in [0, 0.1) is 5.82 Å². The van der Waals surface area contributed by atoms with Crippen LogP contribution in [0.15, 0.2) is 18.2 Å². The summed E-state index contributed by atoms with van der Waals surface area (Å²) < 4.78 is 17.9. The molecular weight excluding hydrogens is 211 g/mol. The predicted molar refractivity (Wildman–Crippen MR) is 57.2 cm³/mol. The first-order valence-electron chi connectivity index (χ1n) is 4.90. The molecule has 0 saturated heterocycles. The molecular formula is C12H13FO3. The molecule has 0 amide bonds. The molecule has 0 heterocycles. The summed E-state index contributed by atoms with van der Waals surface area (Å²) in [4.78, 5) is 22.4. The smallest absolute Gasteiger partial charge is 0.167 e. The van der Waals surface area contributed by atoms with Gasteiger partial charge in [0.2, 0.25) is 0 Å². The Kier molecular flexibility index (Phi) is 4.17. The van der Waals surface area contributed by atoms with E-state index in [1.54, 1.807) is 0 Å². The van der Waals surface area contributed by atoms with Crippen molar-refractivity contribution >= 4 is 11.6 Å². The molecule has 0 aliphatic carbocycles. The van der Waals surface area contributed by atoms with Crippen molar-refractivity contribution in [2.75, 3.05) is 7.11 Å². The first-order valence-corrected chi connectivity index (χ1v) is 4.90. The van der Waals surface area contributed by atoms with Gasteiger partial charge in [0.05, 0.1) is 12.7 Å². The van der Waals surface area contributed by atoms with Crippen molar-refractivity contribution in [2.24, 2.45) is 0 Å². The SMILES string of the molecule is COc1ccc(F)cc1C(=O)CCC(C)=O. The maximum atomic E-state index is 13.0. The number of methoxy groups -OCH3 is 1. The predicted octanol–water partition coefficient (Wildman–Crippen LogP) is 2.39. The summed E-state index contributed by atoms with van der Waals surface area (Å²) in [6.07, 6.45) is 0.244. The van der Waals surface area contributed by atoms with Crippen LogP contribution in [-0.2, 0) is 4.79 Å². The Hall–Kier alpha value is -1.71. The fourth-order valence-corrected chi connectivity index (χ4v) is 1.32. The molecule has 1 aromatic rings. The van der Waals surface area contributed by atoms with Crippen molar-refractivity contribution in [3.05, 3.63) is 29.6 Å². The highest BCUT2D eigenvalue weighted by molar-refractivity contribution is 6.00. The number of Topliss-reactive ketones (excluding diaryl/α,β-unsaturated/α-hetero) is 2. The Balaban J connectivity index is 2.88. The number of ketones is 2. The monoisotopic (exact) mass is 224 g/mol. The minimum Gasteiger partial charge on any atom is -0.496 e. The summed E-state index contributed by atoms with van der Waals surface area (Å²) in [6.45, 7) is 1.41. The number of carbonyl (C=O) groups excluding carboxylic acids is 2. The lowest BCUT2D eigenvalue weighted by Crippen LogP contribution is -2.05. The van der Waals surface area contributed by atoms with Crippen LogP contribution in [0.2, 0.25) is 0 Å². The summed E-state index contributed by atoms with van der Waals surface area (Å²) >= 11 is 0. The maximum absolute atomic E-state index is 13.0. The second-order valence-corrected chi connectivity index (χ2v) is 3.47. The van der Waals surface area contributed by atoms with Crippen LogP contribution in [0.5, 0.6) is 5.75 Å². The number of halogens is 1. The molecule has 1 aromatic carbocycles. The van der Waals surface area contributed by atoms with E-state index in [9.17, 15) is 14.0 Å². The van der Waals surface area contributed by atoms with Crippen LogP contribution in [-0.4, -0.2) is 18.7 Å². The van der Waals surface area contributed by atoms with E-state index < -0.39 is 5.82 Å². The topological polar surface area (TPSA) is 43.4 Å². The molecule has 0 atom stereocenters. The molecule has 0 saturated carbocycles. The third-order valence-corrected chi connectivity index (χ3v) is 2.17. The maximum Gasteiger partial charge on any atom is 0.167 e. The van der Waals surface area contributed by atoms with Crippen molar-refractivity contribution in [2.45, 2.75) is 19.8 Å². The van der Waals surface area contributed by atoms with Gasteiger partial charge in [-0.3, -0.25) is 4.79 Å². The zero-order valence-corrected chi connectivity index (χ0v) is 9.25. The van der Waals surface area contributed by atoms with E-state index in [1.165, 1.54) is 26.2 Å². The second kappa shape index (κ2) is 5.39. The Labute approximate surface area is 93.2 Å². The highest BCUT2D eigenvalue weighted by Gasteiger charge is 2.13. The molecule has 0 spiro atoms. The molecule has 0 N–H and O–H groups in total. The standard InChI is InChI=1S/C12H13FO3/c1-8(14)3-5-11(15)10-7-9(13)4-6-12(10)16-2/h4,6-7H,3,5H2,1-2H3. The molecule has 16 heavy (non-hydrogen) atoms. The molecule has 3 nitrogen and oxygen atoms in total. The lowest BCUT2D eigenvalue weighted by atomic mass is 10.0. The van der Waals surface area contributed by atoms with E-state index >= 15 is 0 Å². The zero-order valence-electron chi connectivity index (χ0n) is 9.25. The largest absolute Gasteiger partial charge is 0.496 e. The molecule has 1 rings (SSSR count). The van der Waals surface area contributed by atoms with E-state index in [0.717, 1.165) is 6.07 Å². The first kappa shape index (κ1) is 12.4. The molecule has 86 valence electrons. The minimum atomic E-state index is -0.494. The van der Waals surface area contributed by atoms with E-state index in [0.29, 0.717) is 5.75 Å². The summed E-state index contributed by atoms with van der Waals surface area (Å²) in [5.74, 6) is -0.516. The van der Waals surface area contributed by atoms with Gasteiger partial charge in [0, 0.05) is 12.8 Å². The van der Waals surface area contributed by atoms with Crippen LogP contribution < -0.4 is 4.74 Å². The first-order chi connectivity index (χ1) is 7.54. The van der Waals surface area contributed by atoms with Gasteiger partial charge < -0.3 is 9.53 Å². The summed E-state index contributed by atoms with van der Waals surface area (Å²) in [7, 11) is 1.41. The third kappa shape index (κ3) is 3.15. The summed E-state index contributed by atoms with van der Waals surface area (Å²) in [5.41, 5.74) is 0.184. The Morgan fingerprint density at radius 1 is 1.31 bits per heavy atom. The van der Waals surface area contributed by atoms with Gasteiger partial charge in [-0.15, -0.1) is 0 Å². The van der Waals surface area contributed by atoms with Crippen molar-refractivity contribution in [3.8, 4) is 5.75 Å². The number of ether oxygens (including phenoxy) is 1. The molecule has 0 aliphatic rings. The normalized spacial score (nSPS) is 9.94. The van der Waals surface area contributed by atoms with Crippen molar-refractivity contribution in [1.82, 2.24) is 0 Å². The van der Waals surface area contributed by atoms with Gasteiger partial charge in [-0.25, -0.2) is 4.39 Å². The molecule has 0 bridgehead atoms. The second-order valence-electron chi connectivity index (χ2n) is 3.47. The van der Waals surface area contributed by atoms with Gasteiger partial charge in [-0.05, 0) is 25.1 Å². The molecule has 0 fully saturated rings. The quantitative estimate of drug-likeness (QED) is 0.721. The van der Waals surface area contributed by atoms with Crippen molar-refractivity contribution in [3.63, 3.8) is 0 Å². The Bertz CT molecular complexity index is 413. The Morgan fingerprint density at radius 2 is 2.00 bits per heavy atom. The van der Waals surface area contributed by atoms with Crippen LogP contribution in [0.3, 0.4) is 0 Å². The number of carbonyl (C=O) groups is 2. The molecule has 0 unspecified atom stereocenters. The number of rotatable bonds is 5. The van der Waals surface area contributed by atoms with Gasteiger partial charge in [0.25, 0.3) is 0 Å². The van der Waals surface area contributed by atoms with Gasteiger partial charge in [-0.1, -0.05) is 0 Å². The molecule has 0 aliphatic heterocycles. The van der Waals surface area contributed by atoms with Gasteiger partial charge in [-0.2, -0.15) is 0 Å². The minimum absolute atomic E-state index is 0.0660. The van der Waals surface area contributed by atoms with E-state index in [1.807, 2.05) is 0 Å². The van der Waals surface area contributed by atoms with Gasteiger partial charge in [0.15, 0.2) is 5.78 Å². The zero-order chi connectivity index (χ0) is 12.1. The molecule has 0 aromatic heterocycles. The van der Waals surface area contributed by atoms with E-state index in [4.69, 9.17) is 4.74 Å². The lowest BCUT2D eigenvalue weighted by Gasteiger charge is -2.06. The van der Waals surface area contributed by atoms with Crippen LogP contribution in [0.1, 0.15) is 30.1 Å². The number of hydrogen-bond acceptors (Lipinski definition) is 3. The summed E-state index contributed by atoms with van der Waals surface area (Å²) in [5, 5.41) is 0. The average molecular weight is 224 g/mol. The van der Waals surface area contributed by atoms with E-state index in [2.05, 4.69) is 0 Å². The van der Waals surface area contributed by atoms with E-state index in [-0.39, 0.29) is 30.0 Å². The van der Waals surface area contributed by atoms with Gasteiger partial charge >= 0.3 is 0 Å². The summed E-state index contributed by atoms with van der Waals surface area (Å²) in [6, 6.07) is 3.75. The van der Waals surface area contributed by atoms with Gasteiger partial charge in [0.1, 0.15) is 17.3 Å². The number of benzene rings is 1. The molecule has 0 radical (unpaired) electrons. The Morgan fingerprint density at radius 3 is 2.56 bits per heavy atom. The van der Waals surface area contributed by atoms with Crippen LogP contribution >= 0.6 is 0 Å². The van der Waals surface area contributed by atoms with Crippen molar-refractivity contribution in [1.29, 1.82) is 0 Å².